The maximum Gasteiger partial charge on any atom is 0.294 e. The smallest absolute Gasteiger partial charge is 0.294 e. The molecule has 1 aliphatic rings. The second kappa shape index (κ2) is 4.75. The molecule has 1 aromatic carbocycles. The van der Waals surface area contributed by atoms with Crippen molar-refractivity contribution < 1.29 is 14.3 Å². The highest BCUT2D eigenvalue weighted by Gasteiger charge is 2.26. The highest BCUT2D eigenvalue weighted by Crippen LogP contribution is 2.28. The van der Waals surface area contributed by atoms with Crippen LogP contribution in [0.5, 0.6) is 0 Å². The van der Waals surface area contributed by atoms with Gasteiger partial charge >= 0.3 is 0 Å². The summed E-state index contributed by atoms with van der Waals surface area (Å²) in [5, 5.41) is 2.72. The minimum absolute atomic E-state index is 0.123. The van der Waals surface area contributed by atoms with Crippen molar-refractivity contribution in [3.63, 3.8) is 0 Å². The molecule has 0 saturated carbocycles. The normalized spacial score (nSPS) is 15.9. The lowest BCUT2D eigenvalue weighted by Gasteiger charge is -2.34. The predicted molar refractivity (Wildman–Crippen MR) is 65.6 cm³/mol. The molecule has 90 valence electrons. The van der Waals surface area contributed by atoms with E-state index in [-0.39, 0.29) is 5.91 Å². The Morgan fingerprint density at radius 1 is 1.59 bits per heavy atom. The van der Waals surface area contributed by atoms with Crippen molar-refractivity contribution in [2.75, 3.05) is 11.6 Å². The summed E-state index contributed by atoms with van der Waals surface area (Å²) < 4.78 is 5.76. The third-order valence-corrected chi connectivity index (χ3v) is 3.11. The summed E-state index contributed by atoms with van der Waals surface area (Å²) in [5.41, 5.74) is 1.32. The zero-order chi connectivity index (χ0) is 12.4. The molecule has 1 N–H and O–H groups in total. The van der Waals surface area contributed by atoms with Crippen molar-refractivity contribution in [1.29, 1.82) is 0 Å². The van der Waals surface area contributed by atoms with E-state index in [4.69, 9.17) is 4.74 Å². The molecule has 1 atom stereocenters. The molecule has 1 heterocycles. The first-order valence-electron chi connectivity index (χ1n) is 5.07. The van der Waals surface area contributed by atoms with E-state index < -0.39 is 6.23 Å². The minimum Gasteiger partial charge on any atom is -0.444 e. The summed E-state index contributed by atoms with van der Waals surface area (Å²) in [4.78, 5) is 23.8. The number of amides is 1. The maximum absolute atomic E-state index is 11.7. The molecular formula is C11H11BrN2O3. The van der Waals surface area contributed by atoms with Gasteiger partial charge in [-0.15, -0.1) is 0 Å². The molecule has 0 radical (unpaired) electrons. The molecule has 0 spiro atoms. The number of carbonyl (C=O) groups is 2. The number of hydrogen-bond acceptors (Lipinski definition) is 4. The molecule has 0 fully saturated rings. The van der Waals surface area contributed by atoms with Crippen LogP contribution in [0.4, 0.5) is 5.69 Å². The van der Waals surface area contributed by atoms with Crippen LogP contribution in [0.3, 0.4) is 0 Å². The van der Waals surface area contributed by atoms with E-state index in [0.29, 0.717) is 18.7 Å². The fourth-order valence-electron chi connectivity index (χ4n) is 1.75. The van der Waals surface area contributed by atoms with Crippen molar-refractivity contribution in [2.45, 2.75) is 13.2 Å². The number of fused-ring (bicyclic) bond motifs is 1. The third kappa shape index (κ3) is 2.26. The van der Waals surface area contributed by atoms with E-state index in [1.165, 1.54) is 0 Å². The van der Waals surface area contributed by atoms with Gasteiger partial charge in [0.25, 0.3) is 12.4 Å². The summed E-state index contributed by atoms with van der Waals surface area (Å²) in [6.07, 6.45) is -0.429. The zero-order valence-corrected chi connectivity index (χ0v) is 10.7. The van der Waals surface area contributed by atoms with Gasteiger partial charge in [0.2, 0.25) is 0 Å². The largest absolute Gasteiger partial charge is 0.444 e. The van der Waals surface area contributed by atoms with Crippen LogP contribution in [-0.2, 0) is 9.53 Å². The third-order valence-electron chi connectivity index (χ3n) is 2.62. The van der Waals surface area contributed by atoms with Crippen LogP contribution in [0.15, 0.2) is 22.7 Å². The molecular weight excluding hydrogens is 288 g/mol. The molecule has 5 nitrogen and oxygen atoms in total. The number of ether oxygens (including phenoxy) is 1. The Balaban J connectivity index is 2.40. The topological polar surface area (TPSA) is 58.6 Å². The van der Waals surface area contributed by atoms with Gasteiger partial charge in [-0.05, 0) is 25.1 Å². The molecule has 6 heteroatoms. The Labute approximate surface area is 107 Å². The lowest BCUT2D eigenvalue weighted by molar-refractivity contribution is -0.132. The first-order chi connectivity index (χ1) is 8.13. The van der Waals surface area contributed by atoms with Gasteiger partial charge in [-0.25, -0.2) is 0 Å². The van der Waals surface area contributed by atoms with Gasteiger partial charge in [0.1, 0.15) is 0 Å². The number of carbonyl (C=O) groups excluding carboxylic acids is 2. The molecule has 1 unspecified atom stereocenters. The van der Waals surface area contributed by atoms with E-state index >= 15 is 0 Å². The van der Waals surface area contributed by atoms with Crippen molar-refractivity contribution in [1.82, 2.24) is 5.32 Å². The molecule has 0 saturated heterocycles. The van der Waals surface area contributed by atoms with Crippen LogP contribution in [-0.4, -0.2) is 25.3 Å². The standard InChI is InChI=1S/C11H11BrN2O3/c1-7(17-6-15)14-5-13-11(16)9-3-2-8(12)4-10(9)14/h2-4,6-7H,5H2,1H3,(H,13,16). The molecule has 0 aliphatic carbocycles. The Morgan fingerprint density at radius 2 is 2.35 bits per heavy atom. The summed E-state index contributed by atoms with van der Waals surface area (Å²) in [5.74, 6) is -0.123. The highest BCUT2D eigenvalue weighted by atomic mass is 79.9. The van der Waals surface area contributed by atoms with Gasteiger partial charge in [0, 0.05) is 4.47 Å². The van der Waals surface area contributed by atoms with E-state index in [9.17, 15) is 9.59 Å². The van der Waals surface area contributed by atoms with Crippen LogP contribution in [0.25, 0.3) is 0 Å². The first-order valence-corrected chi connectivity index (χ1v) is 5.86. The second-order valence-electron chi connectivity index (χ2n) is 3.63. The number of halogens is 1. The minimum atomic E-state index is -0.429. The fraction of sp³-hybridized carbons (Fsp3) is 0.273. The van der Waals surface area contributed by atoms with Gasteiger partial charge in [-0.3, -0.25) is 9.59 Å². The summed E-state index contributed by atoms with van der Waals surface area (Å²) in [6.45, 7) is 2.46. The van der Waals surface area contributed by atoms with Gasteiger partial charge < -0.3 is 15.0 Å². The molecule has 1 amide bonds. The van der Waals surface area contributed by atoms with Crippen LogP contribution in [0, 0.1) is 0 Å². The Bertz CT molecular complexity index is 464. The SMILES string of the molecule is CC(OC=O)N1CNC(=O)c2ccc(Br)cc21. The highest BCUT2D eigenvalue weighted by molar-refractivity contribution is 9.10. The molecule has 2 rings (SSSR count). The number of rotatable bonds is 3. The van der Waals surface area contributed by atoms with E-state index in [0.717, 1.165) is 10.2 Å². The van der Waals surface area contributed by atoms with E-state index in [2.05, 4.69) is 21.2 Å². The van der Waals surface area contributed by atoms with Gasteiger partial charge in [0.15, 0.2) is 6.23 Å². The second-order valence-corrected chi connectivity index (χ2v) is 4.54. The van der Waals surface area contributed by atoms with Gasteiger partial charge in [0.05, 0.1) is 17.9 Å². The molecule has 0 bridgehead atoms. The number of nitrogens with one attached hydrogen (secondary N) is 1. The average Bonchev–Trinajstić information content (AvgIpc) is 2.29. The summed E-state index contributed by atoms with van der Waals surface area (Å²) >= 11 is 3.36. The van der Waals surface area contributed by atoms with Crippen molar-refractivity contribution in [3.8, 4) is 0 Å². The number of anilines is 1. The Kier molecular flexibility index (Phi) is 3.33. The van der Waals surface area contributed by atoms with Gasteiger partial charge in [-0.1, -0.05) is 15.9 Å². The summed E-state index contributed by atoms with van der Waals surface area (Å²) in [7, 11) is 0. The number of nitrogens with zero attached hydrogens (tertiary/aromatic N) is 1. The number of hydrogen-bond donors (Lipinski definition) is 1. The summed E-state index contributed by atoms with van der Waals surface area (Å²) in [6, 6.07) is 5.36. The predicted octanol–water partition coefficient (Wildman–Crippen LogP) is 1.48. The molecule has 0 aromatic heterocycles. The Morgan fingerprint density at radius 3 is 3.06 bits per heavy atom. The van der Waals surface area contributed by atoms with Gasteiger partial charge in [-0.2, -0.15) is 0 Å². The lowest BCUT2D eigenvalue weighted by Crippen LogP contribution is -2.48. The van der Waals surface area contributed by atoms with Crippen LogP contribution in [0.2, 0.25) is 0 Å². The van der Waals surface area contributed by atoms with Crippen molar-refractivity contribution in [3.05, 3.63) is 28.2 Å². The fourth-order valence-corrected chi connectivity index (χ4v) is 2.10. The van der Waals surface area contributed by atoms with E-state index in [1.807, 2.05) is 6.07 Å². The van der Waals surface area contributed by atoms with Crippen molar-refractivity contribution in [2.24, 2.45) is 0 Å². The van der Waals surface area contributed by atoms with E-state index in [1.54, 1.807) is 24.0 Å². The Hall–Kier alpha value is -1.56. The molecule has 17 heavy (non-hydrogen) atoms. The molecule has 1 aliphatic heterocycles. The first kappa shape index (κ1) is 11.9. The number of benzene rings is 1. The maximum atomic E-state index is 11.7. The quantitative estimate of drug-likeness (QED) is 0.859. The van der Waals surface area contributed by atoms with Crippen LogP contribution >= 0.6 is 15.9 Å². The average molecular weight is 299 g/mol. The zero-order valence-electron chi connectivity index (χ0n) is 9.14. The molecule has 1 aromatic rings. The monoisotopic (exact) mass is 298 g/mol. The van der Waals surface area contributed by atoms with Crippen molar-refractivity contribution >= 4 is 34.0 Å². The van der Waals surface area contributed by atoms with Crippen LogP contribution in [0.1, 0.15) is 17.3 Å². The van der Waals surface area contributed by atoms with Crippen LogP contribution < -0.4 is 10.2 Å². The lowest BCUT2D eigenvalue weighted by atomic mass is 10.1.